The third-order valence-corrected chi connectivity index (χ3v) is 4.94. The standard InChI is InChI=1S/C22H24N2O3/c25-22(17-6-11-20-21(14-17)27-15-26-20)24-19-9-7-18(8-10-19)23-13-12-16-4-2-1-3-5-16/h4,6-11,14,23H,1-3,5,12-13,15H2,(H,24,25). The molecule has 0 spiro atoms. The van der Waals surface area contributed by atoms with Crippen LogP contribution >= 0.6 is 0 Å². The molecule has 0 unspecified atom stereocenters. The molecule has 1 amide bonds. The van der Waals surface area contributed by atoms with Gasteiger partial charge < -0.3 is 20.1 Å². The number of amides is 1. The summed E-state index contributed by atoms with van der Waals surface area (Å²) in [4.78, 5) is 12.4. The Kier molecular flexibility index (Phi) is 5.28. The Morgan fingerprint density at radius 2 is 1.78 bits per heavy atom. The number of benzene rings is 2. The number of carbonyl (C=O) groups is 1. The summed E-state index contributed by atoms with van der Waals surface area (Å²) in [6.45, 7) is 1.14. The number of hydrogen-bond donors (Lipinski definition) is 2. The Morgan fingerprint density at radius 3 is 2.59 bits per heavy atom. The fourth-order valence-electron chi connectivity index (χ4n) is 3.41. The quantitative estimate of drug-likeness (QED) is 0.711. The van der Waals surface area contributed by atoms with Crippen molar-refractivity contribution in [1.29, 1.82) is 0 Å². The van der Waals surface area contributed by atoms with Gasteiger partial charge in [-0.3, -0.25) is 4.79 Å². The number of allylic oxidation sites excluding steroid dienone is 1. The number of ether oxygens (including phenoxy) is 2. The summed E-state index contributed by atoms with van der Waals surface area (Å²) in [6, 6.07) is 13.0. The molecule has 5 nitrogen and oxygen atoms in total. The van der Waals surface area contributed by atoms with Crippen molar-refractivity contribution in [2.75, 3.05) is 24.0 Å². The van der Waals surface area contributed by atoms with Crippen LogP contribution in [0.15, 0.2) is 54.1 Å². The fourth-order valence-corrected chi connectivity index (χ4v) is 3.41. The average molecular weight is 364 g/mol. The molecule has 0 bridgehead atoms. The van der Waals surface area contributed by atoms with Crippen molar-refractivity contribution in [3.63, 3.8) is 0 Å². The minimum absolute atomic E-state index is 0.168. The lowest BCUT2D eigenvalue weighted by Gasteiger charge is -2.13. The molecule has 2 aliphatic rings. The maximum atomic E-state index is 12.4. The van der Waals surface area contributed by atoms with Crippen LogP contribution in [0.2, 0.25) is 0 Å². The third-order valence-electron chi connectivity index (χ3n) is 4.94. The first kappa shape index (κ1) is 17.5. The minimum atomic E-state index is -0.168. The van der Waals surface area contributed by atoms with E-state index >= 15 is 0 Å². The van der Waals surface area contributed by atoms with E-state index in [-0.39, 0.29) is 12.7 Å². The fraction of sp³-hybridized carbons (Fsp3) is 0.318. The lowest BCUT2D eigenvalue weighted by Crippen LogP contribution is -2.11. The zero-order valence-electron chi connectivity index (χ0n) is 15.3. The van der Waals surface area contributed by atoms with Crippen molar-refractivity contribution >= 4 is 17.3 Å². The van der Waals surface area contributed by atoms with Crippen molar-refractivity contribution in [2.45, 2.75) is 32.1 Å². The van der Waals surface area contributed by atoms with Gasteiger partial charge in [-0.05, 0) is 74.6 Å². The normalized spacial score (nSPS) is 15.2. The van der Waals surface area contributed by atoms with Gasteiger partial charge in [-0.15, -0.1) is 0 Å². The molecule has 1 aliphatic heterocycles. The van der Waals surface area contributed by atoms with Gasteiger partial charge in [-0.25, -0.2) is 0 Å². The van der Waals surface area contributed by atoms with E-state index in [0.29, 0.717) is 17.1 Å². The number of anilines is 2. The van der Waals surface area contributed by atoms with Crippen LogP contribution in [0.25, 0.3) is 0 Å². The van der Waals surface area contributed by atoms with Crippen LogP contribution in [-0.4, -0.2) is 19.2 Å². The number of hydrogen-bond acceptors (Lipinski definition) is 4. The maximum absolute atomic E-state index is 12.4. The Labute approximate surface area is 159 Å². The van der Waals surface area contributed by atoms with Gasteiger partial charge in [0.25, 0.3) is 5.91 Å². The second kappa shape index (κ2) is 8.16. The average Bonchev–Trinajstić information content (AvgIpc) is 3.18. The van der Waals surface area contributed by atoms with Crippen LogP contribution in [0.1, 0.15) is 42.5 Å². The van der Waals surface area contributed by atoms with Crippen molar-refractivity contribution in [3.8, 4) is 11.5 Å². The van der Waals surface area contributed by atoms with Crippen LogP contribution in [0, 0.1) is 0 Å². The number of rotatable bonds is 6. The molecule has 1 heterocycles. The summed E-state index contributed by atoms with van der Waals surface area (Å²) < 4.78 is 10.6. The Balaban J connectivity index is 1.29. The van der Waals surface area contributed by atoms with E-state index in [1.54, 1.807) is 23.8 Å². The van der Waals surface area contributed by atoms with Crippen molar-refractivity contribution in [1.82, 2.24) is 0 Å². The maximum Gasteiger partial charge on any atom is 0.255 e. The second-order valence-electron chi connectivity index (χ2n) is 6.88. The molecule has 0 fully saturated rings. The molecule has 2 aromatic rings. The van der Waals surface area contributed by atoms with Gasteiger partial charge in [0.1, 0.15) is 0 Å². The van der Waals surface area contributed by atoms with E-state index in [0.717, 1.165) is 24.3 Å². The zero-order valence-corrected chi connectivity index (χ0v) is 15.3. The molecule has 0 saturated carbocycles. The van der Waals surface area contributed by atoms with Crippen molar-refractivity contribution in [3.05, 3.63) is 59.7 Å². The highest BCUT2D eigenvalue weighted by atomic mass is 16.7. The molecular weight excluding hydrogens is 340 g/mol. The molecule has 140 valence electrons. The molecule has 4 rings (SSSR count). The van der Waals surface area contributed by atoms with E-state index in [4.69, 9.17) is 9.47 Å². The molecule has 0 saturated heterocycles. The summed E-state index contributed by atoms with van der Waals surface area (Å²) in [5.74, 6) is 1.11. The Bertz CT molecular complexity index is 843. The van der Waals surface area contributed by atoms with E-state index in [1.807, 2.05) is 24.3 Å². The van der Waals surface area contributed by atoms with E-state index in [1.165, 1.54) is 25.7 Å². The van der Waals surface area contributed by atoms with Gasteiger partial charge in [0.2, 0.25) is 6.79 Å². The van der Waals surface area contributed by atoms with Gasteiger partial charge in [0, 0.05) is 23.5 Å². The summed E-state index contributed by atoms with van der Waals surface area (Å²) in [5.41, 5.74) is 3.94. The molecule has 5 heteroatoms. The van der Waals surface area contributed by atoms with Crippen molar-refractivity contribution < 1.29 is 14.3 Å². The van der Waals surface area contributed by atoms with Gasteiger partial charge in [0.05, 0.1) is 0 Å². The molecule has 0 aromatic heterocycles. The van der Waals surface area contributed by atoms with E-state index in [9.17, 15) is 4.79 Å². The monoisotopic (exact) mass is 364 g/mol. The zero-order chi connectivity index (χ0) is 18.5. The molecular formula is C22H24N2O3. The van der Waals surface area contributed by atoms with Crippen molar-refractivity contribution in [2.24, 2.45) is 0 Å². The van der Waals surface area contributed by atoms with Crippen LogP contribution in [0.5, 0.6) is 11.5 Å². The first-order valence-corrected chi connectivity index (χ1v) is 9.51. The Morgan fingerprint density at radius 1 is 0.963 bits per heavy atom. The summed E-state index contributed by atoms with van der Waals surface area (Å²) in [7, 11) is 0. The Hall–Kier alpha value is -2.95. The highest BCUT2D eigenvalue weighted by Gasteiger charge is 2.16. The topological polar surface area (TPSA) is 59.6 Å². The van der Waals surface area contributed by atoms with Gasteiger partial charge in [0.15, 0.2) is 11.5 Å². The highest BCUT2D eigenvalue weighted by molar-refractivity contribution is 6.04. The molecule has 0 atom stereocenters. The van der Waals surface area contributed by atoms with Crippen LogP contribution in [0.3, 0.4) is 0 Å². The lowest BCUT2D eigenvalue weighted by atomic mass is 9.97. The first-order valence-electron chi connectivity index (χ1n) is 9.51. The highest BCUT2D eigenvalue weighted by Crippen LogP contribution is 2.32. The SMILES string of the molecule is O=C(Nc1ccc(NCCC2=CCCCC2)cc1)c1ccc2c(c1)OCO2. The predicted molar refractivity (Wildman–Crippen MR) is 107 cm³/mol. The van der Waals surface area contributed by atoms with Crippen LogP contribution in [0.4, 0.5) is 11.4 Å². The third kappa shape index (κ3) is 4.42. The van der Waals surface area contributed by atoms with E-state index < -0.39 is 0 Å². The molecule has 27 heavy (non-hydrogen) atoms. The second-order valence-corrected chi connectivity index (χ2v) is 6.88. The van der Waals surface area contributed by atoms with Gasteiger partial charge in [-0.1, -0.05) is 11.6 Å². The largest absolute Gasteiger partial charge is 0.454 e. The molecule has 1 aliphatic carbocycles. The number of carbonyl (C=O) groups excluding carboxylic acids is 1. The van der Waals surface area contributed by atoms with Crippen LogP contribution in [-0.2, 0) is 0 Å². The summed E-state index contributed by atoms with van der Waals surface area (Å²) >= 11 is 0. The number of nitrogens with one attached hydrogen (secondary N) is 2. The van der Waals surface area contributed by atoms with Gasteiger partial charge >= 0.3 is 0 Å². The van der Waals surface area contributed by atoms with Crippen LogP contribution < -0.4 is 20.1 Å². The minimum Gasteiger partial charge on any atom is -0.454 e. The first-order chi connectivity index (χ1) is 13.3. The molecule has 2 aromatic carbocycles. The smallest absolute Gasteiger partial charge is 0.255 e. The predicted octanol–water partition coefficient (Wildman–Crippen LogP) is 4.97. The molecule has 0 radical (unpaired) electrons. The van der Waals surface area contributed by atoms with Gasteiger partial charge in [-0.2, -0.15) is 0 Å². The summed E-state index contributed by atoms with van der Waals surface area (Å²) in [6.07, 6.45) is 8.61. The lowest BCUT2D eigenvalue weighted by molar-refractivity contribution is 0.102. The summed E-state index contributed by atoms with van der Waals surface area (Å²) in [5, 5.41) is 6.36. The van der Waals surface area contributed by atoms with E-state index in [2.05, 4.69) is 16.7 Å². The number of fused-ring (bicyclic) bond motifs is 1. The molecule has 2 N–H and O–H groups in total.